The number of hydrogen-bond acceptors (Lipinski definition) is 5. The highest BCUT2D eigenvalue weighted by Crippen LogP contribution is 2.41. The molecule has 1 saturated heterocycles. The Bertz CT molecular complexity index is 563. The highest BCUT2D eigenvalue weighted by atomic mass is 16.6. The molecule has 1 aromatic heterocycles. The summed E-state index contributed by atoms with van der Waals surface area (Å²) in [6.07, 6.45) is 3.51. The Labute approximate surface area is 115 Å². The van der Waals surface area contributed by atoms with E-state index in [9.17, 15) is 14.9 Å². The predicted molar refractivity (Wildman–Crippen MR) is 70.9 cm³/mol. The molecular weight excluding hydrogens is 262 g/mol. The number of nitro groups is 1. The van der Waals surface area contributed by atoms with Crippen LogP contribution < -0.4 is 4.90 Å². The van der Waals surface area contributed by atoms with E-state index in [1.165, 1.54) is 18.6 Å². The van der Waals surface area contributed by atoms with Gasteiger partial charge in [0.25, 0.3) is 0 Å². The van der Waals surface area contributed by atoms with Gasteiger partial charge in [-0.2, -0.15) is 0 Å². The molecule has 2 fully saturated rings. The van der Waals surface area contributed by atoms with Gasteiger partial charge in [0.05, 0.1) is 4.92 Å². The number of fused-ring (bicyclic) bond motifs is 1. The molecule has 2 aliphatic rings. The van der Waals surface area contributed by atoms with Gasteiger partial charge in [-0.15, -0.1) is 0 Å². The Morgan fingerprint density at radius 3 is 2.55 bits per heavy atom. The van der Waals surface area contributed by atoms with Crippen molar-refractivity contribution < 1.29 is 14.8 Å². The summed E-state index contributed by atoms with van der Waals surface area (Å²) in [5, 5.41) is 20.1. The molecule has 2 atom stereocenters. The maximum Gasteiger partial charge on any atom is 0.354 e. The first-order chi connectivity index (χ1) is 9.56. The Morgan fingerprint density at radius 2 is 2.00 bits per heavy atom. The third-order valence-corrected chi connectivity index (χ3v) is 4.30. The van der Waals surface area contributed by atoms with Crippen molar-refractivity contribution in [1.82, 2.24) is 4.98 Å². The van der Waals surface area contributed by atoms with Crippen molar-refractivity contribution in [2.45, 2.75) is 19.3 Å². The first-order valence-electron chi connectivity index (χ1n) is 6.70. The number of pyridine rings is 1. The molecule has 1 aliphatic carbocycles. The van der Waals surface area contributed by atoms with Crippen molar-refractivity contribution in [3.05, 3.63) is 27.9 Å². The quantitative estimate of drug-likeness (QED) is 0.669. The van der Waals surface area contributed by atoms with Crippen LogP contribution in [0.5, 0.6) is 0 Å². The van der Waals surface area contributed by atoms with Gasteiger partial charge in [0, 0.05) is 19.2 Å². The van der Waals surface area contributed by atoms with E-state index in [2.05, 4.69) is 4.98 Å². The second kappa shape index (κ2) is 4.73. The van der Waals surface area contributed by atoms with E-state index in [-0.39, 0.29) is 17.2 Å². The molecule has 0 spiro atoms. The normalized spacial score (nSPS) is 24.7. The standard InChI is InChI=1S/C13H15N3O4/c17-13(18)10-4-5-11(16(19)20)12(14-10)15-6-8-2-1-3-9(8)7-15/h4-5,8-9H,1-3,6-7H2,(H,17,18). The van der Waals surface area contributed by atoms with Crippen LogP contribution in [0.15, 0.2) is 12.1 Å². The van der Waals surface area contributed by atoms with E-state index in [0.29, 0.717) is 11.8 Å². The van der Waals surface area contributed by atoms with Crippen LogP contribution in [0.1, 0.15) is 29.8 Å². The number of aromatic carboxylic acids is 1. The molecule has 1 N–H and O–H groups in total. The zero-order chi connectivity index (χ0) is 14.3. The van der Waals surface area contributed by atoms with Gasteiger partial charge in [0.1, 0.15) is 0 Å². The molecule has 1 aromatic rings. The number of carboxylic acid groups (broad SMARTS) is 1. The molecule has 2 heterocycles. The van der Waals surface area contributed by atoms with Gasteiger partial charge >= 0.3 is 11.7 Å². The second-order valence-electron chi connectivity index (χ2n) is 5.46. The van der Waals surface area contributed by atoms with Crippen molar-refractivity contribution in [1.29, 1.82) is 0 Å². The van der Waals surface area contributed by atoms with Gasteiger partial charge in [0.2, 0.25) is 5.82 Å². The van der Waals surface area contributed by atoms with E-state index >= 15 is 0 Å². The highest BCUT2D eigenvalue weighted by molar-refractivity contribution is 5.86. The summed E-state index contributed by atoms with van der Waals surface area (Å²) in [6, 6.07) is 2.42. The number of aromatic nitrogens is 1. The van der Waals surface area contributed by atoms with Crippen LogP contribution in [0.2, 0.25) is 0 Å². The van der Waals surface area contributed by atoms with E-state index in [1.807, 2.05) is 4.90 Å². The van der Waals surface area contributed by atoms with Gasteiger partial charge < -0.3 is 10.0 Å². The lowest BCUT2D eigenvalue weighted by Crippen LogP contribution is -2.23. The Balaban J connectivity index is 1.96. The zero-order valence-electron chi connectivity index (χ0n) is 10.9. The monoisotopic (exact) mass is 277 g/mol. The Kier molecular flexibility index (Phi) is 3.04. The Morgan fingerprint density at radius 1 is 1.35 bits per heavy atom. The summed E-state index contributed by atoms with van der Waals surface area (Å²) in [5.74, 6) is 0.152. The molecule has 106 valence electrons. The minimum absolute atomic E-state index is 0.116. The van der Waals surface area contributed by atoms with Crippen LogP contribution in [0.25, 0.3) is 0 Å². The van der Waals surface area contributed by atoms with Crippen molar-refractivity contribution in [3.63, 3.8) is 0 Å². The molecule has 0 aromatic carbocycles. The summed E-state index contributed by atoms with van der Waals surface area (Å²) in [4.78, 5) is 27.5. The van der Waals surface area contributed by atoms with Gasteiger partial charge in [-0.3, -0.25) is 10.1 Å². The van der Waals surface area contributed by atoms with Crippen molar-refractivity contribution in [3.8, 4) is 0 Å². The fourth-order valence-corrected chi connectivity index (χ4v) is 3.34. The summed E-state index contributed by atoms with van der Waals surface area (Å²) in [7, 11) is 0. The second-order valence-corrected chi connectivity index (χ2v) is 5.46. The van der Waals surface area contributed by atoms with Crippen LogP contribution in [0.4, 0.5) is 11.5 Å². The first-order valence-corrected chi connectivity index (χ1v) is 6.70. The van der Waals surface area contributed by atoms with E-state index in [0.717, 1.165) is 25.9 Å². The average Bonchev–Trinajstić information content (AvgIpc) is 2.98. The molecule has 2 unspecified atom stereocenters. The number of carbonyl (C=O) groups is 1. The lowest BCUT2D eigenvalue weighted by Gasteiger charge is -2.18. The maximum absolute atomic E-state index is 11.1. The first kappa shape index (κ1) is 12.8. The zero-order valence-corrected chi connectivity index (χ0v) is 10.9. The minimum atomic E-state index is -1.17. The van der Waals surface area contributed by atoms with Crippen LogP contribution in [0.3, 0.4) is 0 Å². The lowest BCUT2D eigenvalue weighted by molar-refractivity contribution is -0.384. The molecule has 0 bridgehead atoms. The largest absolute Gasteiger partial charge is 0.477 e. The summed E-state index contributed by atoms with van der Waals surface area (Å²) in [5.41, 5.74) is -0.266. The van der Waals surface area contributed by atoms with Crippen molar-refractivity contribution in [2.75, 3.05) is 18.0 Å². The van der Waals surface area contributed by atoms with Crippen molar-refractivity contribution in [2.24, 2.45) is 11.8 Å². The molecule has 1 aliphatic heterocycles. The lowest BCUT2D eigenvalue weighted by atomic mass is 10.0. The highest BCUT2D eigenvalue weighted by Gasteiger charge is 2.38. The smallest absolute Gasteiger partial charge is 0.354 e. The number of rotatable bonds is 3. The van der Waals surface area contributed by atoms with Crippen LogP contribution in [-0.2, 0) is 0 Å². The Hall–Kier alpha value is -2.18. The topological polar surface area (TPSA) is 96.6 Å². The van der Waals surface area contributed by atoms with Gasteiger partial charge in [-0.05, 0) is 30.7 Å². The maximum atomic E-state index is 11.1. The van der Waals surface area contributed by atoms with Gasteiger partial charge in [0.15, 0.2) is 5.69 Å². The molecular formula is C13H15N3O4. The fraction of sp³-hybridized carbons (Fsp3) is 0.538. The molecule has 1 saturated carbocycles. The summed E-state index contributed by atoms with van der Waals surface area (Å²) in [6.45, 7) is 1.48. The van der Waals surface area contributed by atoms with Crippen molar-refractivity contribution >= 4 is 17.5 Å². The molecule has 20 heavy (non-hydrogen) atoms. The van der Waals surface area contributed by atoms with Crippen LogP contribution >= 0.6 is 0 Å². The third-order valence-electron chi connectivity index (χ3n) is 4.30. The minimum Gasteiger partial charge on any atom is -0.477 e. The number of hydrogen-bond donors (Lipinski definition) is 1. The fourth-order valence-electron chi connectivity index (χ4n) is 3.34. The number of nitrogens with zero attached hydrogens (tertiary/aromatic N) is 3. The number of anilines is 1. The molecule has 7 heteroatoms. The van der Waals surface area contributed by atoms with E-state index in [4.69, 9.17) is 5.11 Å². The van der Waals surface area contributed by atoms with Crippen LogP contribution in [-0.4, -0.2) is 34.1 Å². The van der Waals surface area contributed by atoms with Gasteiger partial charge in [-0.1, -0.05) is 6.42 Å². The predicted octanol–water partition coefficient (Wildman–Crippen LogP) is 1.92. The average molecular weight is 277 g/mol. The molecule has 3 rings (SSSR count). The molecule has 7 nitrogen and oxygen atoms in total. The molecule has 0 amide bonds. The SMILES string of the molecule is O=C(O)c1ccc([N+](=O)[O-])c(N2CC3CCCC3C2)n1. The van der Waals surface area contributed by atoms with Crippen LogP contribution in [0, 0.1) is 22.0 Å². The number of carboxylic acids is 1. The van der Waals surface area contributed by atoms with Gasteiger partial charge in [-0.25, -0.2) is 9.78 Å². The van der Waals surface area contributed by atoms with E-state index < -0.39 is 10.9 Å². The third kappa shape index (κ3) is 2.09. The summed E-state index contributed by atoms with van der Waals surface area (Å²) >= 11 is 0. The van der Waals surface area contributed by atoms with E-state index in [1.54, 1.807) is 0 Å². The molecule has 0 radical (unpaired) electrons. The summed E-state index contributed by atoms with van der Waals surface area (Å²) < 4.78 is 0.